The molecule has 7 N–H and O–H groups in total. The standard InChI is InChI=1S/C67H111FN4O18S/c1-19-49-65(13,83)54(77)41(7)72(35-36(2)32-63(11,82)56(89-58-52(76)47(70(14)15)30-38(4)85-58)39(5)53(40(6)57(79)87-49)88-51-34-64(12,84-18)55(78)42(8)86-51)28-20-26-69-27-24-50(75)90-67(59(80)91-60(81)71(16)17)37(3)29-46-45-22-21-43-31-44(73)23-25-61(43,9)66(45,68)48(74)33-62(46,67)10/h23,25,31,36-42,45-49,51-56,58,69,74,76-78,82-83H,19-22,24,26-30,32-35H2,1-18H3/t36-,37-,38-,39+,40-,41-,42+,45?,46?,47+,48+,49-,51?,52-,53+,54-,55+,56-,58?,61+,62+,63-,64-,65-,66+,67+/m1/s1. The summed E-state index contributed by atoms with van der Waals surface area (Å²) in [5.41, 5.74) is -11.0. The number of nitrogens with zero attached hydrogens (tertiary/aromatic N) is 3. The highest BCUT2D eigenvalue weighted by atomic mass is 32.2. The van der Waals surface area contributed by atoms with Crippen LogP contribution < -0.4 is 5.32 Å². The van der Waals surface area contributed by atoms with Crippen LogP contribution in [-0.2, 0) is 52.3 Å². The number of nitrogens with one attached hydrogen (secondary N) is 1. The molecule has 520 valence electrons. The molecule has 24 heteroatoms. The number of rotatable bonds is 16. The van der Waals surface area contributed by atoms with Crippen LogP contribution in [0, 0.1) is 46.3 Å². The molecule has 3 heterocycles. The topological polar surface area (TPSA) is 293 Å². The van der Waals surface area contributed by atoms with Gasteiger partial charge in [0.1, 0.15) is 30.0 Å². The molecule has 0 aromatic heterocycles. The van der Waals surface area contributed by atoms with E-state index in [2.05, 4.69) is 5.32 Å². The molecule has 0 bridgehead atoms. The number of aliphatic hydroxyl groups is 6. The number of carbonyl (C=O) groups excluding carboxylic acids is 5. The van der Waals surface area contributed by atoms with Gasteiger partial charge in [0.25, 0.3) is 5.24 Å². The number of carbonyl (C=O) groups is 5. The van der Waals surface area contributed by atoms with Crippen molar-refractivity contribution in [2.45, 2.75) is 262 Å². The van der Waals surface area contributed by atoms with Crippen LogP contribution in [0.3, 0.4) is 0 Å². The molecule has 3 saturated carbocycles. The number of likely N-dealkylation sites (N-methyl/N-ethyl adjacent to an activating group) is 1. The van der Waals surface area contributed by atoms with Crippen LogP contribution >= 0.6 is 11.8 Å². The van der Waals surface area contributed by atoms with Crippen LogP contribution in [0.5, 0.6) is 0 Å². The molecule has 4 aliphatic carbocycles. The number of halogens is 1. The lowest BCUT2D eigenvalue weighted by atomic mass is 9.45. The Hall–Kier alpha value is -3.05. The van der Waals surface area contributed by atoms with Gasteiger partial charge in [0, 0.05) is 93.1 Å². The molecule has 91 heavy (non-hydrogen) atoms. The predicted molar refractivity (Wildman–Crippen MR) is 339 cm³/mol. The predicted octanol–water partition coefficient (Wildman–Crippen LogP) is 5.48. The smallest absolute Gasteiger partial charge is 0.311 e. The number of thioether (sulfide) groups is 1. The molecule has 3 aliphatic heterocycles. The van der Waals surface area contributed by atoms with Gasteiger partial charge in [-0.1, -0.05) is 46.3 Å². The molecule has 7 rings (SSSR count). The van der Waals surface area contributed by atoms with Crippen molar-refractivity contribution in [3.05, 3.63) is 23.8 Å². The number of amides is 1. The maximum Gasteiger partial charge on any atom is 0.311 e. The molecule has 1 amide bonds. The maximum absolute atomic E-state index is 18.2. The summed E-state index contributed by atoms with van der Waals surface area (Å²) in [6.45, 7) is 23.6. The SMILES string of the molecule is CC[C@H]1OC(=O)[C@H](C)[C@@H](OC2C[C@@](C)(OC)[C@@H](O)[C@H](C)O2)[C@H](C)[C@@H](OC2O[C@H](C)C[C@H](N(C)C)[C@H]2O)[C@](C)(O)C[C@@H](C)CN(CCCNCCC(=O)O[C@]2(C(=O)SC(=O)N(C)C)[C@H](C)CC3C4CCC5=CC(=O)C=C[C@]5(C)[C@@]4(F)[C@@H](O)C[C@@]32C)[C@H](C)[C@@H](O)[C@]1(C)O. The van der Waals surface area contributed by atoms with Crippen LogP contribution in [0.2, 0.25) is 0 Å². The van der Waals surface area contributed by atoms with Crippen molar-refractivity contribution >= 4 is 39.8 Å². The van der Waals surface area contributed by atoms with Gasteiger partial charge in [0.05, 0.1) is 54.1 Å². The van der Waals surface area contributed by atoms with Gasteiger partial charge < -0.3 is 78.9 Å². The van der Waals surface area contributed by atoms with Gasteiger partial charge in [-0.25, -0.2) is 4.39 Å². The zero-order chi connectivity index (χ0) is 68.1. The maximum atomic E-state index is 18.2. The molecule has 22 nitrogen and oxygen atoms in total. The van der Waals surface area contributed by atoms with Crippen molar-refractivity contribution < 1.29 is 92.2 Å². The van der Waals surface area contributed by atoms with Gasteiger partial charge in [-0.3, -0.25) is 28.9 Å². The Morgan fingerprint density at radius 2 is 1.55 bits per heavy atom. The molecule has 26 atom stereocenters. The van der Waals surface area contributed by atoms with Crippen molar-refractivity contribution in [3.8, 4) is 0 Å². The first-order valence-electron chi connectivity index (χ1n) is 33.2. The number of cyclic esters (lactones) is 1. The molecule has 0 radical (unpaired) electrons. The second kappa shape index (κ2) is 29.0. The Labute approximate surface area is 543 Å². The number of esters is 2. The molecule has 7 aliphatic rings. The average molecular weight is 1310 g/mol. The van der Waals surface area contributed by atoms with Crippen molar-refractivity contribution in [1.29, 1.82) is 0 Å². The van der Waals surface area contributed by atoms with E-state index < -0.39 is 158 Å². The summed E-state index contributed by atoms with van der Waals surface area (Å²) < 4.78 is 63.0. The van der Waals surface area contributed by atoms with Crippen molar-refractivity contribution in [3.63, 3.8) is 0 Å². The van der Waals surface area contributed by atoms with Crippen molar-refractivity contribution in [2.24, 2.45) is 46.3 Å². The minimum atomic E-state index is -2.20. The average Bonchev–Trinajstić information content (AvgIpc) is 1.62. The van der Waals surface area contributed by atoms with Gasteiger partial charge in [-0.05, 0) is 158 Å². The molecular formula is C67H111FN4O18S. The lowest BCUT2D eigenvalue weighted by Crippen LogP contribution is -2.69. The number of alkyl halides is 1. The Kier molecular flexibility index (Phi) is 24.0. The highest BCUT2D eigenvalue weighted by Crippen LogP contribution is 2.72. The lowest BCUT2D eigenvalue weighted by Gasteiger charge is -2.62. The first kappa shape index (κ1) is 75.3. The lowest BCUT2D eigenvalue weighted by molar-refractivity contribution is -0.318. The van der Waals surface area contributed by atoms with Crippen molar-refractivity contribution in [1.82, 2.24) is 20.0 Å². The van der Waals surface area contributed by atoms with Gasteiger partial charge in [0.2, 0.25) is 5.12 Å². The van der Waals surface area contributed by atoms with Crippen LogP contribution in [-0.4, -0.2) is 243 Å². The normalized spacial score (nSPS) is 46.0. The number of hydrogen-bond donors (Lipinski definition) is 7. The fourth-order valence-electron chi connectivity index (χ4n) is 17.3. The third-order valence-corrected chi connectivity index (χ3v) is 23.7. The number of ether oxygens (including phenoxy) is 7. The van der Waals surface area contributed by atoms with Crippen LogP contribution in [0.15, 0.2) is 23.8 Å². The molecule has 6 fully saturated rings. The Morgan fingerprint density at radius 1 is 0.879 bits per heavy atom. The largest absolute Gasteiger partial charge is 0.459 e. The van der Waals surface area contributed by atoms with Crippen LogP contribution in [0.25, 0.3) is 0 Å². The van der Waals surface area contributed by atoms with Gasteiger partial charge in [-0.2, -0.15) is 0 Å². The van der Waals surface area contributed by atoms with E-state index in [1.165, 1.54) is 45.2 Å². The summed E-state index contributed by atoms with van der Waals surface area (Å²) in [4.78, 5) is 74.9. The van der Waals surface area contributed by atoms with E-state index in [1.54, 1.807) is 75.3 Å². The van der Waals surface area contributed by atoms with Crippen LogP contribution in [0.4, 0.5) is 9.18 Å². The molecule has 3 saturated heterocycles. The Bertz CT molecular complexity index is 2650. The van der Waals surface area contributed by atoms with E-state index in [9.17, 15) is 54.6 Å². The van der Waals surface area contributed by atoms with Gasteiger partial charge in [0.15, 0.2) is 29.6 Å². The van der Waals surface area contributed by atoms with Crippen molar-refractivity contribution in [2.75, 3.05) is 61.5 Å². The highest BCUT2D eigenvalue weighted by Gasteiger charge is 2.77. The van der Waals surface area contributed by atoms with E-state index >= 15 is 4.39 Å². The Balaban J connectivity index is 1.11. The van der Waals surface area contributed by atoms with Crippen LogP contribution in [0.1, 0.15) is 154 Å². The summed E-state index contributed by atoms with van der Waals surface area (Å²) in [5.74, 6) is -6.10. The minimum Gasteiger partial charge on any atom is -0.459 e. The van der Waals surface area contributed by atoms with E-state index in [-0.39, 0.29) is 75.5 Å². The van der Waals surface area contributed by atoms with E-state index in [1.807, 2.05) is 37.7 Å². The fraction of sp³-hybridized carbons (Fsp3) is 0.866. The number of ketones is 1. The van der Waals surface area contributed by atoms with E-state index in [0.29, 0.717) is 56.1 Å². The third-order valence-electron chi connectivity index (χ3n) is 22.6. The number of aliphatic hydroxyl groups excluding tert-OH is 4. The second-order valence-electron chi connectivity index (χ2n) is 29.7. The first-order valence-corrected chi connectivity index (χ1v) is 34.0. The van der Waals surface area contributed by atoms with Gasteiger partial charge >= 0.3 is 11.9 Å². The number of fused-ring (bicyclic) bond motifs is 5. The quantitative estimate of drug-likeness (QED) is 0.0743. The van der Waals surface area contributed by atoms with E-state index in [0.717, 1.165) is 0 Å². The summed E-state index contributed by atoms with van der Waals surface area (Å²) in [5, 5.41) is 75.1. The molecule has 4 unspecified atom stereocenters. The third kappa shape index (κ3) is 14.5. The first-order chi connectivity index (χ1) is 42.2. The minimum absolute atomic E-state index is 0.0593. The molecule has 0 spiro atoms. The molecular weight excluding hydrogens is 1200 g/mol. The zero-order valence-electron chi connectivity index (χ0n) is 57.3. The molecule has 0 aromatic rings. The monoisotopic (exact) mass is 1310 g/mol. The second-order valence-corrected chi connectivity index (χ2v) is 30.7. The number of methoxy groups -OCH3 is 1. The van der Waals surface area contributed by atoms with Gasteiger partial charge in [-0.15, -0.1) is 0 Å². The summed E-state index contributed by atoms with van der Waals surface area (Å²) in [6.07, 6.45) is -6.11. The van der Waals surface area contributed by atoms with E-state index in [4.69, 9.17) is 33.2 Å². The summed E-state index contributed by atoms with van der Waals surface area (Å²) in [7, 11) is 8.21. The summed E-state index contributed by atoms with van der Waals surface area (Å²) in [6, 6.07) is -1.14. The molecule has 0 aromatic carbocycles. The zero-order valence-corrected chi connectivity index (χ0v) is 58.1. The Morgan fingerprint density at radius 3 is 2.18 bits per heavy atom. The highest BCUT2D eigenvalue weighted by molar-refractivity contribution is 8.26. The summed E-state index contributed by atoms with van der Waals surface area (Å²) >= 11 is 0.433. The fourth-order valence-corrected chi connectivity index (χ4v) is 18.3. The number of allylic oxidation sites excluding steroid dienone is 4. The number of hydrogen-bond acceptors (Lipinski definition) is 22.